The molecular weight excluding hydrogens is 504 g/mol. The van der Waals surface area contributed by atoms with E-state index in [1.165, 1.54) is 0 Å². The number of carbonyl (C=O) groups is 3. The molecule has 1 N–H and O–H groups in total. The van der Waals surface area contributed by atoms with E-state index in [0.29, 0.717) is 45.3 Å². The zero-order valence-corrected chi connectivity index (χ0v) is 24.3. The SMILES string of the molecule is CCC[C@@H]1CCCC(=O)N[C@@H](COCc2ccccc2)CCC[C@H](C)C(=O)N(C)[C@@H](Cc2ccccc2)C(=O)O1. The zero-order valence-electron chi connectivity index (χ0n) is 24.3. The first-order chi connectivity index (χ1) is 19.4. The number of nitrogens with one attached hydrogen (secondary N) is 1. The lowest BCUT2D eigenvalue weighted by atomic mass is 9.98. The van der Waals surface area contributed by atoms with Crippen molar-refractivity contribution in [1.29, 1.82) is 0 Å². The Hall–Kier alpha value is -3.19. The zero-order chi connectivity index (χ0) is 28.7. The van der Waals surface area contributed by atoms with Gasteiger partial charge in [0.15, 0.2) is 0 Å². The number of hydrogen-bond donors (Lipinski definition) is 1. The summed E-state index contributed by atoms with van der Waals surface area (Å²) >= 11 is 0. The number of benzene rings is 2. The van der Waals surface area contributed by atoms with E-state index in [2.05, 4.69) is 12.2 Å². The molecule has 40 heavy (non-hydrogen) atoms. The molecule has 7 nitrogen and oxygen atoms in total. The molecule has 218 valence electrons. The number of cyclic esters (lactones) is 1. The third kappa shape index (κ3) is 10.4. The number of esters is 1. The van der Waals surface area contributed by atoms with Crippen molar-refractivity contribution < 1.29 is 23.9 Å². The summed E-state index contributed by atoms with van der Waals surface area (Å²) in [5.41, 5.74) is 2.07. The molecule has 1 aliphatic rings. The maximum atomic E-state index is 13.5. The first kappa shape index (κ1) is 31.3. The van der Waals surface area contributed by atoms with Crippen LogP contribution in [0.1, 0.15) is 76.3 Å². The van der Waals surface area contributed by atoms with Gasteiger partial charge in [0.05, 0.1) is 19.3 Å². The van der Waals surface area contributed by atoms with Crippen LogP contribution in [0.15, 0.2) is 60.7 Å². The van der Waals surface area contributed by atoms with E-state index in [1.54, 1.807) is 11.9 Å². The van der Waals surface area contributed by atoms with E-state index in [1.807, 2.05) is 67.6 Å². The predicted molar refractivity (Wildman–Crippen MR) is 156 cm³/mol. The van der Waals surface area contributed by atoms with Crippen molar-refractivity contribution in [3.05, 3.63) is 71.8 Å². The van der Waals surface area contributed by atoms with Gasteiger partial charge in [0, 0.05) is 25.8 Å². The average molecular weight is 551 g/mol. The summed E-state index contributed by atoms with van der Waals surface area (Å²) in [5.74, 6) is -0.736. The summed E-state index contributed by atoms with van der Waals surface area (Å²) in [4.78, 5) is 41.3. The fourth-order valence-electron chi connectivity index (χ4n) is 5.22. The van der Waals surface area contributed by atoms with E-state index in [-0.39, 0.29) is 35.8 Å². The summed E-state index contributed by atoms with van der Waals surface area (Å²) in [6.07, 6.45) is 5.41. The predicted octanol–water partition coefficient (Wildman–Crippen LogP) is 5.46. The maximum Gasteiger partial charge on any atom is 0.329 e. The number of ether oxygens (including phenoxy) is 2. The molecule has 0 bridgehead atoms. The van der Waals surface area contributed by atoms with Crippen LogP contribution in [0.3, 0.4) is 0 Å². The molecule has 3 rings (SSSR count). The van der Waals surface area contributed by atoms with E-state index < -0.39 is 6.04 Å². The standard InChI is InChI=1S/C33H46N2O5/c1-4-13-29-20-12-21-31(36)34-28(24-39-23-27-17-9-6-10-18-27)19-11-14-25(2)32(37)35(3)30(33(38)40-29)22-26-15-7-5-8-16-26/h5-10,15-18,25,28-30H,4,11-14,19-24H2,1-3H3,(H,34,36)/t25-,28+,29+,30-/m0/s1. The van der Waals surface area contributed by atoms with Crippen molar-refractivity contribution in [3.63, 3.8) is 0 Å². The van der Waals surface area contributed by atoms with E-state index in [0.717, 1.165) is 36.8 Å². The minimum absolute atomic E-state index is 0.0206. The van der Waals surface area contributed by atoms with Gasteiger partial charge >= 0.3 is 5.97 Å². The molecule has 0 saturated carbocycles. The summed E-state index contributed by atoms with van der Waals surface area (Å²) in [7, 11) is 1.71. The number of likely N-dealkylation sites (N-methyl/N-ethyl adjacent to an activating group) is 1. The van der Waals surface area contributed by atoms with Gasteiger partial charge < -0.3 is 19.7 Å². The smallest absolute Gasteiger partial charge is 0.329 e. The van der Waals surface area contributed by atoms with Crippen molar-refractivity contribution >= 4 is 17.8 Å². The summed E-state index contributed by atoms with van der Waals surface area (Å²) in [6.45, 7) is 4.86. The first-order valence-electron chi connectivity index (χ1n) is 14.8. The lowest BCUT2D eigenvalue weighted by molar-refractivity contribution is -0.160. The van der Waals surface area contributed by atoms with Crippen LogP contribution < -0.4 is 5.32 Å². The topological polar surface area (TPSA) is 84.9 Å². The van der Waals surface area contributed by atoms with Gasteiger partial charge in [-0.3, -0.25) is 9.59 Å². The Morgan fingerprint density at radius 1 is 0.925 bits per heavy atom. The van der Waals surface area contributed by atoms with Crippen LogP contribution >= 0.6 is 0 Å². The number of hydrogen-bond acceptors (Lipinski definition) is 5. The molecule has 1 saturated heterocycles. The molecule has 0 aliphatic carbocycles. The molecule has 2 aromatic rings. The Morgan fingerprint density at radius 3 is 2.27 bits per heavy atom. The first-order valence-corrected chi connectivity index (χ1v) is 14.8. The lowest BCUT2D eigenvalue weighted by Gasteiger charge is -2.31. The third-order valence-corrected chi connectivity index (χ3v) is 7.59. The minimum Gasteiger partial charge on any atom is -0.461 e. The summed E-state index contributed by atoms with van der Waals surface area (Å²) in [6, 6.07) is 18.9. The molecule has 1 fully saturated rings. The van der Waals surface area contributed by atoms with Crippen LogP contribution in [-0.4, -0.2) is 54.5 Å². The average Bonchev–Trinajstić information content (AvgIpc) is 2.95. The Balaban J connectivity index is 1.72. The van der Waals surface area contributed by atoms with Gasteiger partial charge in [-0.05, 0) is 43.2 Å². The van der Waals surface area contributed by atoms with Crippen molar-refractivity contribution in [1.82, 2.24) is 10.2 Å². The fraction of sp³-hybridized carbons (Fsp3) is 0.545. The van der Waals surface area contributed by atoms with Crippen molar-refractivity contribution in [2.24, 2.45) is 5.92 Å². The second-order valence-corrected chi connectivity index (χ2v) is 11.0. The minimum atomic E-state index is -0.702. The van der Waals surface area contributed by atoms with Crippen LogP contribution in [0, 0.1) is 5.92 Å². The maximum absolute atomic E-state index is 13.5. The highest BCUT2D eigenvalue weighted by atomic mass is 16.5. The van der Waals surface area contributed by atoms with Crippen molar-refractivity contribution in [2.45, 2.75) is 96.4 Å². The highest BCUT2D eigenvalue weighted by Crippen LogP contribution is 2.20. The summed E-state index contributed by atoms with van der Waals surface area (Å²) in [5, 5.41) is 3.14. The number of amides is 2. The normalized spacial score (nSPS) is 23.9. The molecule has 2 aromatic carbocycles. The van der Waals surface area contributed by atoms with Crippen molar-refractivity contribution in [2.75, 3.05) is 13.7 Å². The molecule has 0 aromatic heterocycles. The Bertz CT molecular complexity index is 1050. The van der Waals surface area contributed by atoms with Gasteiger partial charge in [0.1, 0.15) is 12.1 Å². The van der Waals surface area contributed by atoms with Gasteiger partial charge in [0.2, 0.25) is 11.8 Å². The molecular formula is C33H46N2O5. The van der Waals surface area contributed by atoms with Gasteiger partial charge in [-0.1, -0.05) is 87.4 Å². The van der Waals surface area contributed by atoms with Crippen LogP contribution in [-0.2, 0) is 36.9 Å². The molecule has 4 atom stereocenters. The largest absolute Gasteiger partial charge is 0.461 e. The Kier molecular flexibility index (Phi) is 13.2. The molecule has 0 spiro atoms. The monoisotopic (exact) mass is 550 g/mol. The highest BCUT2D eigenvalue weighted by molar-refractivity contribution is 5.85. The number of nitrogens with zero attached hydrogens (tertiary/aromatic N) is 1. The molecule has 1 heterocycles. The van der Waals surface area contributed by atoms with Crippen LogP contribution in [0.25, 0.3) is 0 Å². The highest BCUT2D eigenvalue weighted by Gasteiger charge is 2.32. The Morgan fingerprint density at radius 2 is 1.60 bits per heavy atom. The van der Waals surface area contributed by atoms with Gasteiger partial charge in [0.25, 0.3) is 0 Å². The third-order valence-electron chi connectivity index (χ3n) is 7.59. The molecule has 1 aliphatic heterocycles. The van der Waals surface area contributed by atoms with E-state index >= 15 is 0 Å². The Labute approximate surface area is 239 Å². The lowest BCUT2D eigenvalue weighted by Crippen LogP contribution is -2.47. The number of carbonyl (C=O) groups excluding carboxylic acids is 3. The fourth-order valence-corrected chi connectivity index (χ4v) is 5.22. The molecule has 2 amide bonds. The van der Waals surface area contributed by atoms with Gasteiger partial charge in [-0.2, -0.15) is 0 Å². The van der Waals surface area contributed by atoms with Crippen LogP contribution in [0.5, 0.6) is 0 Å². The van der Waals surface area contributed by atoms with Crippen LogP contribution in [0.2, 0.25) is 0 Å². The van der Waals surface area contributed by atoms with E-state index in [4.69, 9.17) is 9.47 Å². The second-order valence-electron chi connectivity index (χ2n) is 11.0. The second kappa shape index (κ2) is 16.8. The van der Waals surface area contributed by atoms with Crippen LogP contribution in [0.4, 0.5) is 0 Å². The quantitative estimate of drug-likeness (QED) is 0.441. The van der Waals surface area contributed by atoms with Crippen molar-refractivity contribution in [3.8, 4) is 0 Å². The summed E-state index contributed by atoms with van der Waals surface area (Å²) < 4.78 is 12.0. The number of rotatable bonds is 8. The molecule has 0 unspecified atom stereocenters. The molecule has 7 heteroatoms. The van der Waals surface area contributed by atoms with Gasteiger partial charge in [-0.15, -0.1) is 0 Å². The van der Waals surface area contributed by atoms with Gasteiger partial charge in [-0.25, -0.2) is 4.79 Å². The van der Waals surface area contributed by atoms with E-state index in [9.17, 15) is 14.4 Å². The molecule has 0 radical (unpaired) electrons.